The molecule has 0 saturated carbocycles. The van der Waals surface area contributed by atoms with Crippen LogP contribution >= 0.6 is 0 Å². The van der Waals surface area contributed by atoms with E-state index in [-0.39, 0.29) is 11.5 Å². The van der Waals surface area contributed by atoms with Crippen LogP contribution in [0.5, 0.6) is 0 Å². The first-order chi connectivity index (χ1) is 10.4. The molecule has 0 radical (unpaired) electrons. The van der Waals surface area contributed by atoms with Crippen LogP contribution < -0.4 is 5.56 Å². The molecule has 4 nitrogen and oxygen atoms in total. The first-order valence-electron chi connectivity index (χ1n) is 7.39. The van der Waals surface area contributed by atoms with E-state index in [1.165, 1.54) is 16.2 Å². The van der Waals surface area contributed by atoms with E-state index in [0.717, 1.165) is 5.56 Å². The van der Waals surface area contributed by atoms with Crippen molar-refractivity contribution in [2.45, 2.75) is 26.3 Å². The SMILES string of the molecule is CC(C)c1ccc(CN(C)C(=O)c2ccn(C)c(=O)c2)cc1. The summed E-state index contributed by atoms with van der Waals surface area (Å²) in [5, 5.41) is 0. The van der Waals surface area contributed by atoms with E-state index in [4.69, 9.17) is 0 Å². The van der Waals surface area contributed by atoms with Gasteiger partial charge in [0.2, 0.25) is 0 Å². The summed E-state index contributed by atoms with van der Waals surface area (Å²) in [7, 11) is 3.41. The van der Waals surface area contributed by atoms with Crippen LogP contribution in [0.3, 0.4) is 0 Å². The second-order valence-electron chi connectivity index (χ2n) is 5.92. The van der Waals surface area contributed by atoms with Gasteiger partial charge in [-0.1, -0.05) is 38.1 Å². The molecular formula is C18H22N2O2. The highest BCUT2D eigenvalue weighted by Gasteiger charge is 2.13. The zero-order chi connectivity index (χ0) is 16.3. The third-order valence-corrected chi connectivity index (χ3v) is 3.76. The molecule has 116 valence electrons. The van der Waals surface area contributed by atoms with Gasteiger partial charge in [0.05, 0.1) is 0 Å². The van der Waals surface area contributed by atoms with E-state index < -0.39 is 0 Å². The van der Waals surface area contributed by atoms with Gasteiger partial charge in [-0.25, -0.2) is 0 Å². The lowest BCUT2D eigenvalue weighted by atomic mass is 10.0. The van der Waals surface area contributed by atoms with E-state index in [1.54, 1.807) is 31.3 Å². The van der Waals surface area contributed by atoms with Gasteiger partial charge in [-0.2, -0.15) is 0 Å². The summed E-state index contributed by atoms with van der Waals surface area (Å²) in [4.78, 5) is 25.6. The molecular weight excluding hydrogens is 276 g/mol. The van der Waals surface area contributed by atoms with Gasteiger partial charge in [0.25, 0.3) is 11.5 Å². The minimum atomic E-state index is -0.180. The van der Waals surface area contributed by atoms with Crippen molar-refractivity contribution in [3.05, 3.63) is 69.6 Å². The molecule has 0 atom stereocenters. The minimum absolute atomic E-state index is 0.148. The minimum Gasteiger partial charge on any atom is -0.337 e. The molecule has 4 heteroatoms. The van der Waals surface area contributed by atoms with Crippen molar-refractivity contribution >= 4 is 5.91 Å². The van der Waals surface area contributed by atoms with Gasteiger partial charge in [0.15, 0.2) is 0 Å². The second kappa shape index (κ2) is 6.60. The molecule has 1 aromatic carbocycles. The maximum Gasteiger partial charge on any atom is 0.254 e. The van der Waals surface area contributed by atoms with Crippen LogP contribution in [0.15, 0.2) is 47.4 Å². The normalized spacial score (nSPS) is 10.8. The lowest BCUT2D eigenvalue weighted by Gasteiger charge is -2.18. The Morgan fingerprint density at radius 1 is 1.18 bits per heavy atom. The Bertz CT molecular complexity index is 715. The molecule has 22 heavy (non-hydrogen) atoms. The number of rotatable bonds is 4. The average Bonchev–Trinajstić information content (AvgIpc) is 2.49. The van der Waals surface area contributed by atoms with Crippen LogP contribution in [0.2, 0.25) is 0 Å². The van der Waals surface area contributed by atoms with Gasteiger partial charge in [0, 0.05) is 38.5 Å². The van der Waals surface area contributed by atoms with E-state index in [9.17, 15) is 9.59 Å². The molecule has 0 unspecified atom stereocenters. The van der Waals surface area contributed by atoms with Gasteiger partial charge in [0.1, 0.15) is 0 Å². The molecule has 0 aliphatic carbocycles. The Kier molecular flexibility index (Phi) is 4.81. The summed E-state index contributed by atoms with van der Waals surface area (Å²) in [5.74, 6) is 0.347. The number of hydrogen-bond acceptors (Lipinski definition) is 2. The van der Waals surface area contributed by atoms with E-state index in [0.29, 0.717) is 18.0 Å². The molecule has 1 heterocycles. The van der Waals surface area contributed by atoms with Crippen molar-refractivity contribution in [3.63, 3.8) is 0 Å². The first-order valence-corrected chi connectivity index (χ1v) is 7.39. The zero-order valence-electron chi connectivity index (χ0n) is 13.5. The number of carbonyl (C=O) groups excluding carboxylic acids is 1. The van der Waals surface area contributed by atoms with Crippen molar-refractivity contribution in [2.24, 2.45) is 7.05 Å². The Labute approximate surface area is 131 Å². The molecule has 2 rings (SSSR count). The number of pyridine rings is 1. The van der Waals surface area contributed by atoms with Gasteiger partial charge in [-0.05, 0) is 23.1 Å². The highest BCUT2D eigenvalue weighted by Crippen LogP contribution is 2.15. The number of nitrogens with zero attached hydrogens (tertiary/aromatic N) is 2. The van der Waals surface area contributed by atoms with E-state index in [1.807, 2.05) is 12.1 Å². The molecule has 0 bridgehead atoms. The van der Waals surface area contributed by atoms with Crippen molar-refractivity contribution in [2.75, 3.05) is 7.05 Å². The molecule has 1 aromatic heterocycles. The van der Waals surface area contributed by atoms with E-state index in [2.05, 4.69) is 26.0 Å². The van der Waals surface area contributed by atoms with Crippen LogP contribution in [-0.4, -0.2) is 22.4 Å². The molecule has 1 amide bonds. The standard InChI is InChI=1S/C18H22N2O2/c1-13(2)15-7-5-14(6-8-15)12-20(4)18(22)16-9-10-19(3)17(21)11-16/h5-11,13H,12H2,1-4H3. The lowest BCUT2D eigenvalue weighted by molar-refractivity contribution is 0.0784. The van der Waals surface area contributed by atoms with Crippen molar-refractivity contribution in [3.8, 4) is 0 Å². The molecule has 0 N–H and O–H groups in total. The highest BCUT2D eigenvalue weighted by molar-refractivity contribution is 5.93. The smallest absolute Gasteiger partial charge is 0.254 e. The summed E-state index contributed by atoms with van der Waals surface area (Å²) in [6.45, 7) is 4.83. The number of aromatic nitrogens is 1. The topological polar surface area (TPSA) is 42.3 Å². The highest BCUT2D eigenvalue weighted by atomic mass is 16.2. The molecule has 0 saturated heterocycles. The lowest BCUT2D eigenvalue weighted by Crippen LogP contribution is -2.28. The quantitative estimate of drug-likeness (QED) is 0.871. The van der Waals surface area contributed by atoms with Crippen LogP contribution in [-0.2, 0) is 13.6 Å². The summed E-state index contributed by atoms with van der Waals surface area (Å²) in [6, 6.07) is 11.3. The van der Waals surface area contributed by atoms with Gasteiger partial charge >= 0.3 is 0 Å². The summed E-state index contributed by atoms with van der Waals surface area (Å²) >= 11 is 0. The fourth-order valence-corrected chi connectivity index (χ4v) is 2.26. The summed E-state index contributed by atoms with van der Waals surface area (Å²) in [6.07, 6.45) is 1.61. The van der Waals surface area contributed by atoms with Crippen molar-refractivity contribution in [1.82, 2.24) is 9.47 Å². The summed E-state index contributed by atoms with van der Waals surface area (Å²) in [5.41, 5.74) is 2.60. The zero-order valence-corrected chi connectivity index (χ0v) is 13.5. The third-order valence-electron chi connectivity index (χ3n) is 3.76. The largest absolute Gasteiger partial charge is 0.337 e. The number of hydrogen-bond donors (Lipinski definition) is 0. The number of benzene rings is 1. The molecule has 0 fully saturated rings. The summed E-state index contributed by atoms with van der Waals surface area (Å²) < 4.78 is 1.45. The fraction of sp³-hybridized carbons (Fsp3) is 0.333. The monoisotopic (exact) mass is 298 g/mol. The Morgan fingerprint density at radius 3 is 2.36 bits per heavy atom. The average molecular weight is 298 g/mol. The third kappa shape index (κ3) is 3.64. The Hall–Kier alpha value is -2.36. The molecule has 0 aliphatic heterocycles. The van der Waals surface area contributed by atoms with Gasteiger partial charge in [-0.15, -0.1) is 0 Å². The van der Waals surface area contributed by atoms with Crippen LogP contribution in [0.25, 0.3) is 0 Å². The number of aryl methyl sites for hydroxylation is 1. The van der Waals surface area contributed by atoms with E-state index >= 15 is 0 Å². The predicted octanol–water partition coefficient (Wildman–Crippen LogP) is 2.78. The molecule has 2 aromatic rings. The maximum absolute atomic E-state index is 12.4. The van der Waals surface area contributed by atoms with Gasteiger partial charge < -0.3 is 9.47 Å². The van der Waals surface area contributed by atoms with Crippen molar-refractivity contribution < 1.29 is 4.79 Å². The molecule has 0 aliphatic rings. The second-order valence-corrected chi connectivity index (χ2v) is 5.92. The van der Waals surface area contributed by atoms with Crippen molar-refractivity contribution in [1.29, 1.82) is 0 Å². The Morgan fingerprint density at radius 2 is 1.82 bits per heavy atom. The van der Waals surface area contributed by atoms with Crippen LogP contribution in [0.1, 0.15) is 41.3 Å². The number of carbonyl (C=O) groups is 1. The Balaban J connectivity index is 2.10. The van der Waals surface area contributed by atoms with Crippen LogP contribution in [0, 0.1) is 0 Å². The predicted molar refractivity (Wildman–Crippen MR) is 88.0 cm³/mol. The van der Waals surface area contributed by atoms with Gasteiger partial charge in [-0.3, -0.25) is 9.59 Å². The molecule has 0 spiro atoms. The number of amides is 1. The fourth-order valence-electron chi connectivity index (χ4n) is 2.26. The maximum atomic E-state index is 12.4. The van der Waals surface area contributed by atoms with Crippen LogP contribution in [0.4, 0.5) is 0 Å². The first kappa shape index (κ1) is 16.0.